The highest BCUT2D eigenvalue weighted by Crippen LogP contribution is 2.10. The molecule has 0 aliphatic heterocycles. The number of carbonyl (C=O) groups is 1. The Labute approximate surface area is 109 Å². The molecule has 18 heavy (non-hydrogen) atoms. The first-order chi connectivity index (χ1) is 8.79. The minimum atomic E-state index is -0.158. The molecule has 2 aromatic heterocycles. The van der Waals surface area contributed by atoms with E-state index in [1.54, 1.807) is 29.1 Å². The number of amides is 1. The molecular formula is C12H14N4OS. The van der Waals surface area contributed by atoms with Crippen LogP contribution in [-0.4, -0.2) is 22.4 Å². The summed E-state index contributed by atoms with van der Waals surface area (Å²) in [5.74, 6) is -0.158. The number of anilines is 1. The lowest BCUT2D eigenvalue weighted by atomic mass is 10.3. The maximum Gasteiger partial charge on any atom is 0.269 e. The van der Waals surface area contributed by atoms with Gasteiger partial charge in [-0.1, -0.05) is 0 Å². The smallest absolute Gasteiger partial charge is 0.269 e. The molecule has 1 amide bonds. The predicted octanol–water partition coefficient (Wildman–Crippen LogP) is 1.90. The van der Waals surface area contributed by atoms with Gasteiger partial charge in [0.25, 0.3) is 5.91 Å². The fraction of sp³-hybridized carbons (Fsp3) is 0.250. The van der Waals surface area contributed by atoms with Crippen LogP contribution in [0.3, 0.4) is 0 Å². The molecule has 0 unspecified atom stereocenters. The lowest BCUT2D eigenvalue weighted by Gasteiger charge is -2.06. The second kappa shape index (κ2) is 6.11. The molecule has 6 heteroatoms. The third-order valence-electron chi connectivity index (χ3n) is 2.29. The molecule has 0 bridgehead atoms. The fourth-order valence-electron chi connectivity index (χ4n) is 1.43. The second-order valence-corrected chi connectivity index (χ2v) is 4.34. The zero-order valence-corrected chi connectivity index (χ0v) is 10.8. The number of carbonyl (C=O) groups excluding carboxylic acids is 1. The topological polar surface area (TPSA) is 66.9 Å². The third kappa shape index (κ3) is 3.27. The average molecular weight is 262 g/mol. The van der Waals surface area contributed by atoms with E-state index >= 15 is 0 Å². The van der Waals surface area contributed by atoms with Gasteiger partial charge >= 0.3 is 0 Å². The van der Waals surface area contributed by atoms with E-state index in [-0.39, 0.29) is 5.91 Å². The second-order valence-electron chi connectivity index (χ2n) is 3.62. The van der Waals surface area contributed by atoms with E-state index in [1.807, 2.05) is 18.4 Å². The molecule has 0 aromatic carbocycles. The summed E-state index contributed by atoms with van der Waals surface area (Å²) in [5, 5.41) is 7.91. The molecule has 0 saturated carbocycles. The van der Waals surface area contributed by atoms with E-state index in [0.29, 0.717) is 18.8 Å². The first-order valence-corrected chi connectivity index (χ1v) is 6.59. The standard InChI is InChI=1S/C12H14N4OS/c1-2-13-12(17)11-5-9(3-4-14-11)15-6-10-7-18-8-16-10/h3-5,7-8H,2,6H2,1H3,(H,13,17)(H,14,15). The van der Waals surface area contributed by atoms with E-state index in [9.17, 15) is 4.79 Å². The van der Waals surface area contributed by atoms with Crippen LogP contribution in [0.1, 0.15) is 23.1 Å². The summed E-state index contributed by atoms with van der Waals surface area (Å²) in [6, 6.07) is 3.56. The minimum absolute atomic E-state index is 0.158. The van der Waals surface area contributed by atoms with Crippen LogP contribution in [0.25, 0.3) is 0 Å². The van der Waals surface area contributed by atoms with Crippen molar-refractivity contribution >= 4 is 22.9 Å². The number of nitrogens with one attached hydrogen (secondary N) is 2. The highest BCUT2D eigenvalue weighted by Gasteiger charge is 2.06. The molecule has 0 aliphatic rings. The van der Waals surface area contributed by atoms with Crippen molar-refractivity contribution in [3.05, 3.63) is 40.6 Å². The van der Waals surface area contributed by atoms with Crippen LogP contribution in [0.5, 0.6) is 0 Å². The number of hydrogen-bond acceptors (Lipinski definition) is 5. The molecule has 0 atom stereocenters. The summed E-state index contributed by atoms with van der Waals surface area (Å²) >= 11 is 1.56. The van der Waals surface area contributed by atoms with Crippen molar-refractivity contribution in [1.29, 1.82) is 0 Å². The third-order valence-corrected chi connectivity index (χ3v) is 2.92. The lowest BCUT2D eigenvalue weighted by Crippen LogP contribution is -2.23. The van der Waals surface area contributed by atoms with E-state index in [4.69, 9.17) is 0 Å². The van der Waals surface area contributed by atoms with Crippen LogP contribution in [0.2, 0.25) is 0 Å². The van der Waals surface area contributed by atoms with Crippen LogP contribution >= 0.6 is 11.3 Å². The Bertz CT molecular complexity index is 513. The van der Waals surface area contributed by atoms with E-state index in [1.165, 1.54) is 0 Å². The summed E-state index contributed by atoms with van der Waals surface area (Å²) in [6.45, 7) is 3.11. The zero-order valence-electron chi connectivity index (χ0n) is 10.0. The van der Waals surface area contributed by atoms with Crippen LogP contribution in [0.15, 0.2) is 29.2 Å². The Kier molecular flexibility index (Phi) is 4.25. The van der Waals surface area contributed by atoms with Crippen LogP contribution in [0, 0.1) is 0 Å². The van der Waals surface area contributed by atoms with Crippen molar-refractivity contribution in [2.75, 3.05) is 11.9 Å². The summed E-state index contributed by atoms with van der Waals surface area (Å²) < 4.78 is 0. The molecular weight excluding hydrogens is 248 g/mol. The van der Waals surface area contributed by atoms with Gasteiger partial charge in [-0.15, -0.1) is 11.3 Å². The van der Waals surface area contributed by atoms with Crippen molar-refractivity contribution in [1.82, 2.24) is 15.3 Å². The van der Waals surface area contributed by atoms with Crippen molar-refractivity contribution < 1.29 is 4.79 Å². The lowest BCUT2D eigenvalue weighted by molar-refractivity contribution is 0.0951. The molecule has 2 heterocycles. The van der Waals surface area contributed by atoms with Gasteiger partial charge in [0.1, 0.15) is 5.69 Å². The van der Waals surface area contributed by atoms with Gasteiger partial charge < -0.3 is 10.6 Å². The quantitative estimate of drug-likeness (QED) is 0.863. The molecule has 0 saturated heterocycles. The number of nitrogens with zero attached hydrogens (tertiary/aromatic N) is 2. The van der Waals surface area contributed by atoms with Crippen molar-refractivity contribution in [2.24, 2.45) is 0 Å². The van der Waals surface area contributed by atoms with Gasteiger partial charge in [0.15, 0.2) is 0 Å². The molecule has 94 valence electrons. The summed E-state index contributed by atoms with van der Waals surface area (Å²) in [6.07, 6.45) is 1.62. The van der Waals surface area contributed by atoms with Gasteiger partial charge in [-0.05, 0) is 19.1 Å². The average Bonchev–Trinajstić information content (AvgIpc) is 2.90. The molecule has 0 spiro atoms. The zero-order chi connectivity index (χ0) is 12.8. The number of aromatic nitrogens is 2. The van der Waals surface area contributed by atoms with Crippen molar-refractivity contribution in [3.63, 3.8) is 0 Å². The fourth-order valence-corrected chi connectivity index (χ4v) is 1.99. The van der Waals surface area contributed by atoms with E-state index in [0.717, 1.165) is 11.4 Å². The molecule has 5 nitrogen and oxygen atoms in total. The monoisotopic (exact) mass is 262 g/mol. The number of rotatable bonds is 5. The Morgan fingerprint density at radius 2 is 2.33 bits per heavy atom. The highest BCUT2D eigenvalue weighted by atomic mass is 32.1. The molecule has 2 N–H and O–H groups in total. The van der Waals surface area contributed by atoms with Gasteiger partial charge in [0.2, 0.25) is 0 Å². The summed E-state index contributed by atoms with van der Waals surface area (Å²) in [4.78, 5) is 19.8. The Morgan fingerprint density at radius 3 is 3.06 bits per heavy atom. The van der Waals surface area contributed by atoms with Crippen molar-refractivity contribution in [2.45, 2.75) is 13.5 Å². The predicted molar refractivity (Wildman–Crippen MR) is 71.7 cm³/mol. The molecule has 0 aliphatic carbocycles. The molecule has 2 aromatic rings. The summed E-state index contributed by atoms with van der Waals surface area (Å²) in [7, 11) is 0. The normalized spacial score (nSPS) is 10.1. The maximum absolute atomic E-state index is 11.6. The summed E-state index contributed by atoms with van der Waals surface area (Å²) in [5.41, 5.74) is 4.06. The SMILES string of the molecule is CCNC(=O)c1cc(NCc2cscn2)ccn1. The first kappa shape index (κ1) is 12.5. The van der Waals surface area contributed by atoms with Gasteiger partial charge in [-0.25, -0.2) is 4.98 Å². The number of thiazole rings is 1. The molecule has 0 fully saturated rings. The Hall–Kier alpha value is -1.95. The van der Waals surface area contributed by atoms with Gasteiger partial charge in [0, 0.05) is 23.8 Å². The number of pyridine rings is 1. The highest BCUT2D eigenvalue weighted by molar-refractivity contribution is 7.07. The van der Waals surface area contributed by atoms with Crippen LogP contribution in [-0.2, 0) is 6.54 Å². The minimum Gasteiger partial charge on any atom is -0.379 e. The maximum atomic E-state index is 11.6. The van der Waals surface area contributed by atoms with Crippen LogP contribution in [0.4, 0.5) is 5.69 Å². The van der Waals surface area contributed by atoms with E-state index in [2.05, 4.69) is 20.6 Å². The molecule has 2 rings (SSSR count). The van der Waals surface area contributed by atoms with Gasteiger partial charge in [-0.2, -0.15) is 0 Å². The Morgan fingerprint density at radius 1 is 1.44 bits per heavy atom. The van der Waals surface area contributed by atoms with Crippen molar-refractivity contribution in [3.8, 4) is 0 Å². The molecule has 0 radical (unpaired) electrons. The van der Waals surface area contributed by atoms with E-state index < -0.39 is 0 Å². The van der Waals surface area contributed by atoms with Gasteiger partial charge in [0.05, 0.1) is 17.7 Å². The van der Waals surface area contributed by atoms with Gasteiger partial charge in [-0.3, -0.25) is 9.78 Å². The largest absolute Gasteiger partial charge is 0.379 e. The number of hydrogen-bond donors (Lipinski definition) is 2. The first-order valence-electron chi connectivity index (χ1n) is 5.64. The Balaban J connectivity index is 2.01. The van der Waals surface area contributed by atoms with Crippen LogP contribution < -0.4 is 10.6 Å².